The van der Waals surface area contributed by atoms with Gasteiger partial charge >= 0.3 is 0 Å². The number of benzene rings is 2. The molecule has 1 aliphatic rings. The van der Waals surface area contributed by atoms with E-state index in [9.17, 15) is 14.0 Å². The Morgan fingerprint density at radius 2 is 1.78 bits per heavy atom. The van der Waals surface area contributed by atoms with Crippen LogP contribution in [-0.2, 0) is 11.3 Å². The summed E-state index contributed by atoms with van der Waals surface area (Å²) < 4.78 is 12.9. The van der Waals surface area contributed by atoms with Crippen LogP contribution >= 0.6 is 12.4 Å². The van der Waals surface area contributed by atoms with Gasteiger partial charge in [-0.15, -0.1) is 12.4 Å². The number of halogens is 2. The lowest BCUT2D eigenvalue weighted by atomic mass is 9.99. The number of amides is 2. The fraction of sp³-hybridized carbons (Fsp3) is 0.300. The Balaban J connectivity index is 0.00000261. The number of nitrogens with one attached hydrogen (secondary N) is 3. The molecule has 3 rings (SSSR count). The highest BCUT2D eigenvalue weighted by Crippen LogP contribution is 2.15. The van der Waals surface area contributed by atoms with Crippen LogP contribution in [0.3, 0.4) is 0 Å². The molecule has 3 N–H and O–H groups in total. The summed E-state index contributed by atoms with van der Waals surface area (Å²) in [4.78, 5) is 24.4. The number of hydrogen-bond donors (Lipinski definition) is 3. The molecule has 0 saturated carbocycles. The van der Waals surface area contributed by atoms with Crippen LogP contribution in [0.2, 0.25) is 0 Å². The smallest absolute Gasteiger partial charge is 0.251 e. The molecule has 7 heteroatoms. The molecule has 1 unspecified atom stereocenters. The highest BCUT2D eigenvalue weighted by molar-refractivity contribution is 5.96. The van der Waals surface area contributed by atoms with Crippen molar-refractivity contribution in [3.63, 3.8) is 0 Å². The van der Waals surface area contributed by atoms with E-state index in [4.69, 9.17) is 0 Å². The van der Waals surface area contributed by atoms with Gasteiger partial charge in [0.05, 0.1) is 5.92 Å². The Kier molecular flexibility index (Phi) is 7.76. The molecule has 0 bridgehead atoms. The van der Waals surface area contributed by atoms with Crippen LogP contribution in [0.25, 0.3) is 0 Å². The molecule has 1 saturated heterocycles. The first kappa shape index (κ1) is 20.9. The average Bonchev–Trinajstić information content (AvgIpc) is 2.68. The van der Waals surface area contributed by atoms with E-state index < -0.39 is 0 Å². The van der Waals surface area contributed by atoms with Crippen molar-refractivity contribution >= 4 is 29.9 Å². The number of rotatable bonds is 5. The predicted octanol–water partition coefficient (Wildman–Crippen LogP) is 3.12. The highest BCUT2D eigenvalue weighted by atomic mass is 35.5. The number of carbonyl (C=O) groups is 2. The Morgan fingerprint density at radius 1 is 1.07 bits per heavy atom. The molecule has 27 heavy (non-hydrogen) atoms. The first-order chi connectivity index (χ1) is 12.6. The highest BCUT2D eigenvalue weighted by Gasteiger charge is 2.20. The molecule has 5 nitrogen and oxygen atoms in total. The molecule has 0 aromatic heterocycles. The monoisotopic (exact) mass is 391 g/mol. The van der Waals surface area contributed by atoms with E-state index >= 15 is 0 Å². The number of piperidine rings is 1. The maximum atomic E-state index is 12.9. The second kappa shape index (κ2) is 10.0. The summed E-state index contributed by atoms with van der Waals surface area (Å²) in [7, 11) is 0. The zero-order chi connectivity index (χ0) is 18.4. The molecular formula is C20H23ClFN3O2. The second-order valence-electron chi connectivity index (χ2n) is 6.42. The van der Waals surface area contributed by atoms with Gasteiger partial charge in [0.1, 0.15) is 5.82 Å². The van der Waals surface area contributed by atoms with Gasteiger partial charge in [0.2, 0.25) is 5.91 Å². The normalized spacial score (nSPS) is 16.1. The van der Waals surface area contributed by atoms with Crippen LogP contribution in [0.15, 0.2) is 48.5 Å². The molecule has 144 valence electrons. The molecule has 0 radical (unpaired) electrons. The molecule has 1 aliphatic heterocycles. The van der Waals surface area contributed by atoms with Crippen molar-refractivity contribution in [2.24, 2.45) is 5.92 Å². The maximum Gasteiger partial charge on any atom is 0.251 e. The minimum absolute atomic E-state index is 0. The van der Waals surface area contributed by atoms with Gasteiger partial charge in [-0.3, -0.25) is 9.59 Å². The second-order valence-corrected chi connectivity index (χ2v) is 6.42. The number of carbonyl (C=O) groups excluding carboxylic acids is 2. The van der Waals surface area contributed by atoms with Crippen molar-refractivity contribution in [2.75, 3.05) is 18.4 Å². The summed E-state index contributed by atoms with van der Waals surface area (Å²) in [5, 5.41) is 8.91. The van der Waals surface area contributed by atoms with E-state index in [1.807, 2.05) is 0 Å². The Labute approximate surface area is 164 Å². The fourth-order valence-corrected chi connectivity index (χ4v) is 2.91. The van der Waals surface area contributed by atoms with Crippen LogP contribution in [0.5, 0.6) is 0 Å². The van der Waals surface area contributed by atoms with Crippen molar-refractivity contribution in [1.29, 1.82) is 0 Å². The molecule has 0 aliphatic carbocycles. The zero-order valence-electron chi connectivity index (χ0n) is 14.8. The van der Waals surface area contributed by atoms with Crippen molar-refractivity contribution in [3.05, 3.63) is 65.5 Å². The number of hydrogen-bond acceptors (Lipinski definition) is 3. The quantitative estimate of drug-likeness (QED) is 0.733. The van der Waals surface area contributed by atoms with Gasteiger partial charge in [-0.25, -0.2) is 4.39 Å². The lowest BCUT2D eigenvalue weighted by molar-refractivity contribution is -0.120. The summed E-state index contributed by atoms with van der Waals surface area (Å²) in [5.74, 6) is -0.529. The van der Waals surface area contributed by atoms with E-state index in [1.54, 1.807) is 36.4 Å². The standard InChI is InChI=1S/C20H22FN3O2.ClH/c21-17-7-3-14(4-8-17)12-23-19(25)15-5-9-18(10-6-15)24-20(26)16-2-1-11-22-13-16;/h3-10,16,22H,1-2,11-13H2,(H,23,25)(H,24,26);1H. The van der Waals surface area contributed by atoms with Gasteiger partial charge in [-0.1, -0.05) is 12.1 Å². The first-order valence-electron chi connectivity index (χ1n) is 8.76. The largest absolute Gasteiger partial charge is 0.348 e. The Hall–Kier alpha value is -2.44. The van der Waals surface area contributed by atoms with E-state index in [2.05, 4.69) is 16.0 Å². The summed E-state index contributed by atoms with van der Waals surface area (Å²) >= 11 is 0. The third kappa shape index (κ3) is 6.05. The number of anilines is 1. The summed E-state index contributed by atoms with van der Waals surface area (Å²) in [6, 6.07) is 12.8. The minimum atomic E-state index is -0.304. The first-order valence-corrected chi connectivity index (χ1v) is 8.76. The topological polar surface area (TPSA) is 70.2 Å². The van der Waals surface area contributed by atoms with Crippen LogP contribution < -0.4 is 16.0 Å². The van der Waals surface area contributed by atoms with Gasteiger partial charge in [0.25, 0.3) is 5.91 Å². The van der Waals surface area contributed by atoms with Crippen LogP contribution in [-0.4, -0.2) is 24.9 Å². The van der Waals surface area contributed by atoms with E-state index in [-0.39, 0.29) is 36.0 Å². The van der Waals surface area contributed by atoms with Crippen LogP contribution in [0.1, 0.15) is 28.8 Å². The van der Waals surface area contributed by atoms with Crippen LogP contribution in [0.4, 0.5) is 10.1 Å². The van der Waals surface area contributed by atoms with Gasteiger partial charge in [-0.05, 0) is 61.3 Å². The summed E-state index contributed by atoms with van der Waals surface area (Å²) in [5.41, 5.74) is 2.00. The summed E-state index contributed by atoms with van der Waals surface area (Å²) in [6.45, 7) is 1.99. The molecule has 1 heterocycles. The lowest BCUT2D eigenvalue weighted by Crippen LogP contribution is -2.37. The van der Waals surface area contributed by atoms with Crippen LogP contribution in [0, 0.1) is 11.7 Å². The Bertz CT molecular complexity index is 760. The van der Waals surface area contributed by atoms with E-state index in [0.29, 0.717) is 24.3 Å². The Morgan fingerprint density at radius 3 is 2.41 bits per heavy atom. The van der Waals surface area contributed by atoms with Gasteiger partial charge in [0.15, 0.2) is 0 Å². The third-order valence-corrected chi connectivity index (χ3v) is 4.45. The fourth-order valence-electron chi connectivity index (χ4n) is 2.91. The average molecular weight is 392 g/mol. The molecule has 1 fully saturated rings. The molecule has 2 aromatic carbocycles. The predicted molar refractivity (Wildman–Crippen MR) is 105 cm³/mol. The van der Waals surface area contributed by atoms with Crippen molar-refractivity contribution in [1.82, 2.24) is 10.6 Å². The van der Waals surface area contributed by atoms with Crippen molar-refractivity contribution < 1.29 is 14.0 Å². The minimum Gasteiger partial charge on any atom is -0.348 e. The summed E-state index contributed by atoms with van der Waals surface area (Å²) in [6.07, 6.45) is 1.90. The van der Waals surface area contributed by atoms with Gasteiger partial charge in [-0.2, -0.15) is 0 Å². The zero-order valence-corrected chi connectivity index (χ0v) is 15.7. The SMILES string of the molecule is Cl.O=C(NCc1ccc(F)cc1)c1ccc(NC(=O)C2CCCNC2)cc1. The molecule has 1 atom stereocenters. The van der Waals surface area contributed by atoms with E-state index in [1.165, 1.54) is 12.1 Å². The van der Waals surface area contributed by atoms with Gasteiger partial charge < -0.3 is 16.0 Å². The van der Waals surface area contributed by atoms with E-state index in [0.717, 1.165) is 24.9 Å². The van der Waals surface area contributed by atoms with Crippen molar-refractivity contribution in [3.8, 4) is 0 Å². The molecule has 0 spiro atoms. The maximum absolute atomic E-state index is 12.9. The molecule has 2 amide bonds. The van der Waals surface area contributed by atoms with Gasteiger partial charge in [0, 0.05) is 24.3 Å². The van der Waals surface area contributed by atoms with Crippen molar-refractivity contribution in [2.45, 2.75) is 19.4 Å². The molecule has 2 aromatic rings. The lowest BCUT2D eigenvalue weighted by Gasteiger charge is -2.21. The molecular weight excluding hydrogens is 369 g/mol. The third-order valence-electron chi connectivity index (χ3n) is 4.45.